The van der Waals surface area contributed by atoms with Gasteiger partial charge in [-0.15, -0.1) is 0 Å². The molecule has 0 unspecified atom stereocenters. The minimum absolute atomic E-state index is 0.00442. The summed E-state index contributed by atoms with van der Waals surface area (Å²) in [7, 11) is 0. The molecule has 2 aliphatic rings. The van der Waals surface area contributed by atoms with Gasteiger partial charge >= 0.3 is 17.9 Å². The maximum atomic E-state index is 14.5. The highest BCUT2D eigenvalue weighted by Gasteiger charge is 2.57. The first kappa shape index (κ1) is 66.4. The molecule has 8 aromatic rings. The molecule has 10 rings (SSSR count). The van der Waals surface area contributed by atoms with E-state index in [0.29, 0.717) is 5.56 Å². The third kappa shape index (κ3) is 13.3. The van der Waals surface area contributed by atoms with Gasteiger partial charge in [0.05, 0.1) is 29.5 Å². The van der Waals surface area contributed by atoms with Gasteiger partial charge in [-0.2, -0.15) is 0 Å². The molecule has 0 bridgehead atoms. The zero-order valence-corrected chi connectivity index (χ0v) is 53.5. The largest absolute Gasteiger partial charge is 0.478 e. The molecular weight excluding hydrogens is 1190 g/mol. The van der Waals surface area contributed by atoms with Gasteiger partial charge in [-0.1, -0.05) is 259 Å². The van der Waals surface area contributed by atoms with Crippen LogP contribution >= 0.6 is 13.8 Å². The number of β-lactam (4-membered cyclic amide) rings is 2. The number of hydrogen-bond acceptors (Lipinski definition) is 10. The zero-order chi connectivity index (χ0) is 65.7. The molecule has 3 amide bonds. The van der Waals surface area contributed by atoms with E-state index in [4.69, 9.17) is 15.2 Å². The first-order valence-corrected chi connectivity index (χ1v) is 33.9. The normalized spacial score (nSPS) is 16.0. The second kappa shape index (κ2) is 29.8. The Kier molecular flexibility index (Phi) is 21.5. The van der Waals surface area contributed by atoms with Crippen LogP contribution in [0.4, 0.5) is 0 Å². The minimum atomic E-state index is -3.12. The van der Waals surface area contributed by atoms with Crippen molar-refractivity contribution in [1.29, 1.82) is 0 Å². The van der Waals surface area contributed by atoms with Gasteiger partial charge in [-0.25, -0.2) is 14.4 Å². The molecule has 0 aliphatic carbocycles. The summed E-state index contributed by atoms with van der Waals surface area (Å²) in [6.45, 7) is 8.82. The van der Waals surface area contributed by atoms with E-state index in [1.807, 2.05) is 210 Å². The van der Waals surface area contributed by atoms with Gasteiger partial charge in [0.2, 0.25) is 17.7 Å². The number of ether oxygens (including phenoxy) is 2. The fourth-order valence-corrected chi connectivity index (χ4v) is 21.4. The number of nitrogens with zero attached hydrogens (tertiary/aromatic N) is 2. The molecule has 0 aromatic heterocycles. The predicted molar refractivity (Wildman–Crippen MR) is 367 cm³/mol. The molecule has 2 heterocycles. The summed E-state index contributed by atoms with van der Waals surface area (Å²) in [6.07, 6.45) is 2.81. The van der Waals surface area contributed by atoms with Crippen LogP contribution in [0.2, 0.25) is 0 Å². The lowest BCUT2D eigenvalue weighted by Gasteiger charge is -2.51. The van der Waals surface area contributed by atoms with Crippen LogP contribution in [0.1, 0.15) is 82.0 Å². The van der Waals surface area contributed by atoms with E-state index in [1.165, 1.54) is 46.2 Å². The van der Waals surface area contributed by atoms with Crippen molar-refractivity contribution in [3.8, 4) is 0 Å². The summed E-state index contributed by atoms with van der Waals surface area (Å²) in [6, 6.07) is 68.9. The summed E-state index contributed by atoms with van der Waals surface area (Å²) < 4.78 is 11.6. The van der Waals surface area contributed by atoms with Crippen LogP contribution in [0.15, 0.2) is 256 Å². The quantitative estimate of drug-likeness (QED) is 0.0191. The summed E-state index contributed by atoms with van der Waals surface area (Å²) >= 11 is 0. The lowest BCUT2D eigenvalue weighted by molar-refractivity contribution is -0.153. The van der Waals surface area contributed by atoms with Crippen LogP contribution < -0.4 is 37.6 Å². The molecule has 0 saturated carbocycles. The van der Waals surface area contributed by atoms with Crippen molar-refractivity contribution in [2.75, 3.05) is 13.2 Å². The fraction of sp³-hybridized carbons (Fsp3) is 0.184. The molecule has 3 N–H and O–H groups in total. The van der Waals surface area contributed by atoms with Crippen molar-refractivity contribution in [3.05, 3.63) is 278 Å². The Balaban J connectivity index is 0.000000217. The summed E-state index contributed by atoms with van der Waals surface area (Å²) in [4.78, 5) is 112. The number of primary amides is 1. The predicted octanol–water partition coefficient (Wildman–Crippen LogP) is 9.99. The monoisotopic (exact) mass is 1270 g/mol. The Morgan fingerprint density at radius 3 is 0.978 bits per heavy atom. The van der Waals surface area contributed by atoms with Crippen molar-refractivity contribution in [3.63, 3.8) is 0 Å². The number of aromatic carboxylic acids is 1. The van der Waals surface area contributed by atoms with Gasteiger partial charge < -0.3 is 30.1 Å². The van der Waals surface area contributed by atoms with Gasteiger partial charge in [0.15, 0.2) is 11.6 Å². The van der Waals surface area contributed by atoms with Crippen LogP contribution in [0.3, 0.4) is 0 Å². The van der Waals surface area contributed by atoms with Crippen molar-refractivity contribution in [2.45, 2.75) is 52.6 Å². The highest BCUT2D eigenvalue weighted by atomic mass is 31.2. The van der Waals surface area contributed by atoms with E-state index in [-0.39, 0.29) is 88.8 Å². The molecule has 14 nitrogen and oxygen atoms in total. The van der Waals surface area contributed by atoms with Gasteiger partial charge in [0.25, 0.3) is 0 Å². The van der Waals surface area contributed by atoms with E-state index < -0.39 is 61.5 Å². The van der Waals surface area contributed by atoms with Crippen LogP contribution in [-0.2, 0) is 28.7 Å². The lowest BCUT2D eigenvalue weighted by Crippen LogP contribution is -2.67. The van der Waals surface area contributed by atoms with Gasteiger partial charge in [-0.05, 0) is 67.9 Å². The molecule has 2 fully saturated rings. The number of carboxylic acid groups (broad SMARTS) is 1. The first-order chi connectivity index (χ1) is 44.4. The Hall–Kier alpha value is -10.0. The number of rotatable bonds is 24. The molecule has 2 saturated heterocycles. The highest BCUT2D eigenvalue weighted by Crippen LogP contribution is 2.52. The second-order valence-corrected chi connectivity index (χ2v) is 29.6. The zero-order valence-electron chi connectivity index (χ0n) is 51.7. The molecule has 4 atom stereocenters. The number of esters is 2. The second-order valence-electron chi connectivity index (χ2n) is 23.0. The molecule has 2 aliphatic heterocycles. The van der Waals surface area contributed by atoms with Crippen LogP contribution in [-0.4, -0.2) is 98.2 Å². The van der Waals surface area contributed by atoms with Crippen molar-refractivity contribution in [2.24, 2.45) is 29.4 Å². The lowest BCUT2D eigenvalue weighted by atomic mass is 9.76. The van der Waals surface area contributed by atoms with E-state index in [1.54, 1.807) is 24.3 Å². The Morgan fingerprint density at radius 2 is 0.717 bits per heavy atom. The topological polar surface area (TPSA) is 208 Å². The van der Waals surface area contributed by atoms with Gasteiger partial charge in [0, 0.05) is 43.3 Å². The van der Waals surface area contributed by atoms with E-state index in [0.717, 1.165) is 31.8 Å². The van der Waals surface area contributed by atoms with E-state index >= 15 is 0 Å². The third-order valence-corrected chi connectivity index (χ3v) is 25.1. The number of nitrogens with two attached hydrogens (primary N) is 1. The smallest absolute Gasteiger partial charge is 0.356 e. The first-order valence-electron chi connectivity index (χ1n) is 30.3. The van der Waals surface area contributed by atoms with Gasteiger partial charge in [0.1, 0.15) is 24.0 Å². The fourth-order valence-electron chi connectivity index (χ4n) is 12.6. The Labute approximate surface area is 537 Å². The van der Waals surface area contributed by atoms with E-state index in [9.17, 15) is 43.5 Å². The van der Waals surface area contributed by atoms with Crippen molar-refractivity contribution in [1.82, 2.24) is 9.80 Å². The SMILES string of the molecule is C=CCOC(=O)C(N1C(=O)[C@H](C(C)C)[C@H]1CC(=O)c1cccc(C(=O)O)c1)=P(c1ccccc1)(c1ccccc1)c1ccccc1.C=CCOC(=O)C(N1C(=O)[C@H](C(C)C)[C@H]1CC(=O)c1cccc(C(N)=O)c1)=P(c1ccccc1)(c1ccccc1)c1ccccc1. The van der Waals surface area contributed by atoms with Crippen LogP contribution in [0.25, 0.3) is 0 Å². The number of carbonyl (C=O) groups is 8. The molecular formula is C76H73N3O11P2. The minimum Gasteiger partial charge on any atom is -0.478 e. The van der Waals surface area contributed by atoms with Crippen molar-refractivity contribution < 1.29 is 52.9 Å². The van der Waals surface area contributed by atoms with E-state index in [2.05, 4.69) is 13.2 Å². The average molecular weight is 1270 g/mol. The van der Waals surface area contributed by atoms with Crippen molar-refractivity contribution >= 4 is 104 Å². The maximum absolute atomic E-state index is 14.5. The molecule has 8 aromatic carbocycles. The number of Topliss-reactive ketones (excluding diaryl/α,β-unsaturated/α-hetero) is 2. The number of benzene rings is 8. The number of ketones is 2. The molecule has 0 spiro atoms. The number of likely N-dealkylation sites (tertiary alicyclic amines) is 2. The molecule has 92 heavy (non-hydrogen) atoms. The molecule has 468 valence electrons. The maximum Gasteiger partial charge on any atom is 0.356 e. The summed E-state index contributed by atoms with van der Waals surface area (Å²) in [5, 5.41) is 14.6. The number of carbonyl (C=O) groups excluding carboxylic acids is 7. The summed E-state index contributed by atoms with van der Waals surface area (Å²) in [5.74, 6) is -5.47. The number of carboxylic acids is 1. The average Bonchev–Trinajstić information content (AvgIpc) is 0.717. The third-order valence-electron chi connectivity index (χ3n) is 16.6. The molecule has 16 heteroatoms. The van der Waals surface area contributed by atoms with Gasteiger partial charge in [-0.3, -0.25) is 24.0 Å². The highest BCUT2D eigenvalue weighted by molar-refractivity contribution is 7.97. The number of amides is 3. The summed E-state index contributed by atoms with van der Waals surface area (Å²) in [5.41, 5.74) is 6.64. The standard InChI is InChI=1S/C38H37N2O5P.C38H36NO6P/c1-4-23-45-38(44)37(40-32(34(26(2)3)36(40)43)25-33(41)27-15-14-16-28(24-27)35(39)42)46(29-17-8-5-9-18-29,30-19-10-6-11-20-30)31-21-12-7-13-22-31;1-4-23-45-38(44)36(39-32(34(26(2)3)35(39)41)25-33(40)27-15-14-16-28(24-27)37(42)43)46(29-17-8-5-9-18-29,30-19-10-6-11-20-30)31-21-12-7-13-22-31/h4-22,24,26,32,34H,1,23,25H2,2-3H3,(H2,39,42);4-22,24,26,32,34H,1,23,25H2,2-3H3,(H,42,43)/t2*32-,34-/m11/s1. The number of hydrogen-bond donors (Lipinski definition) is 2. The van der Waals surface area contributed by atoms with Crippen LogP contribution in [0, 0.1) is 23.7 Å². The molecule has 0 radical (unpaired) electrons. The Morgan fingerprint density at radius 1 is 0.446 bits per heavy atom. The van der Waals surface area contributed by atoms with Crippen LogP contribution in [0.5, 0.6) is 0 Å². The Bertz CT molecular complexity index is 3700.